The molecule has 6 heterocycles. The number of aromatic amines is 2. The van der Waals surface area contributed by atoms with Crippen molar-refractivity contribution in [2.75, 3.05) is 11.9 Å². The van der Waals surface area contributed by atoms with Crippen molar-refractivity contribution in [3.63, 3.8) is 0 Å². The van der Waals surface area contributed by atoms with Crippen molar-refractivity contribution in [2.24, 2.45) is 5.73 Å². The van der Waals surface area contributed by atoms with Crippen LogP contribution in [0.3, 0.4) is 0 Å². The van der Waals surface area contributed by atoms with Gasteiger partial charge in [0.2, 0.25) is 5.91 Å². The third-order valence-electron chi connectivity index (χ3n) is 13.5. The molecule has 4 aliphatic rings. The third kappa shape index (κ3) is 5.33. The number of fused-ring (bicyclic) bond motifs is 11. The van der Waals surface area contributed by atoms with Gasteiger partial charge in [-0.3, -0.25) is 24.2 Å². The molecule has 12 nitrogen and oxygen atoms in total. The number of hydrogen-bond donors (Lipinski definition) is 5. The topological polar surface area (TPSA) is 195 Å². The molecule has 3 aromatic heterocycles. The average molecular weight is 781 g/mol. The van der Waals surface area contributed by atoms with Crippen molar-refractivity contribution in [1.82, 2.24) is 19.9 Å². The number of carbonyl (C=O) groups excluding carboxylic acids is 2. The lowest BCUT2D eigenvalue weighted by Gasteiger charge is -2.58. The van der Waals surface area contributed by atoms with Gasteiger partial charge in [0, 0.05) is 64.3 Å². The number of carboxylic acids is 2. The Bertz CT molecular complexity index is 2750. The minimum absolute atomic E-state index is 0.0546. The van der Waals surface area contributed by atoms with Crippen molar-refractivity contribution in [1.29, 1.82) is 0 Å². The fourth-order valence-corrected chi connectivity index (χ4v) is 10.6. The molecule has 0 spiro atoms. The summed E-state index contributed by atoms with van der Waals surface area (Å²) in [5.41, 5.74) is 18.5. The second-order valence-corrected chi connectivity index (χ2v) is 16.2. The molecule has 3 aliphatic heterocycles. The highest BCUT2D eigenvalue weighted by atomic mass is 16.4. The molecule has 8 rings (SSSR count). The number of rotatable bonds is 10. The van der Waals surface area contributed by atoms with Crippen LogP contribution in [0.15, 0.2) is 42.0 Å². The number of carbonyl (C=O) groups is 4. The van der Waals surface area contributed by atoms with Gasteiger partial charge >= 0.3 is 11.9 Å². The molecule has 58 heavy (non-hydrogen) atoms. The van der Waals surface area contributed by atoms with Crippen LogP contribution in [-0.4, -0.2) is 67.4 Å². The number of anilines is 1. The number of nitrogens with zero attached hydrogens (tertiary/aromatic N) is 3. The third-order valence-corrected chi connectivity index (χ3v) is 13.5. The second-order valence-electron chi connectivity index (χ2n) is 16.2. The first-order chi connectivity index (χ1) is 27.6. The van der Waals surface area contributed by atoms with E-state index in [-0.39, 0.29) is 31.3 Å². The average Bonchev–Trinajstić information content (AvgIpc) is 3.85. The Balaban J connectivity index is 1.66. The number of H-pyrrole nitrogens is 2. The van der Waals surface area contributed by atoms with Gasteiger partial charge in [0.25, 0.3) is 0 Å². The molecule has 3 atom stereocenters. The maximum absolute atomic E-state index is 13.9. The Hall–Kier alpha value is -6.30. The van der Waals surface area contributed by atoms with E-state index < -0.39 is 34.7 Å². The zero-order chi connectivity index (χ0) is 41.6. The fraction of sp³-hybridized carbons (Fsp3) is 0.348. The number of aldehydes is 1. The highest BCUT2D eigenvalue weighted by Crippen LogP contribution is 2.65. The van der Waals surface area contributed by atoms with Crippen LogP contribution >= 0.6 is 0 Å². The van der Waals surface area contributed by atoms with Gasteiger partial charge in [0.1, 0.15) is 6.29 Å². The van der Waals surface area contributed by atoms with E-state index in [1.807, 2.05) is 50.1 Å². The van der Waals surface area contributed by atoms with Crippen molar-refractivity contribution in [3.05, 3.63) is 104 Å². The molecule has 0 fully saturated rings. The van der Waals surface area contributed by atoms with Crippen LogP contribution in [0.5, 0.6) is 0 Å². The van der Waals surface area contributed by atoms with E-state index in [4.69, 9.17) is 15.7 Å². The monoisotopic (exact) mass is 780 g/mol. The van der Waals surface area contributed by atoms with Gasteiger partial charge in [-0.05, 0) is 135 Å². The molecule has 4 aromatic rings. The first-order valence-corrected chi connectivity index (χ1v) is 19.9. The first kappa shape index (κ1) is 38.6. The predicted molar refractivity (Wildman–Crippen MR) is 225 cm³/mol. The quantitative estimate of drug-likeness (QED) is 0.101. The zero-order valence-corrected chi connectivity index (χ0v) is 33.9. The van der Waals surface area contributed by atoms with Crippen molar-refractivity contribution >= 4 is 69.1 Å². The molecule has 1 aliphatic carbocycles. The first-order valence-electron chi connectivity index (χ1n) is 19.9. The van der Waals surface area contributed by atoms with Gasteiger partial charge in [-0.2, -0.15) is 0 Å². The molecule has 0 saturated carbocycles. The summed E-state index contributed by atoms with van der Waals surface area (Å²) in [6.07, 6.45) is 3.82. The number of nitrogens with one attached hydrogen (secondary N) is 2. The van der Waals surface area contributed by atoms with E-state index in [2.05, 4.69) is 43.7 Å². The molecule has 1 amide bonds. The molecule has 6 N–H and O–H groups in total. The molecule has 0 saturated heterocycles. The highest BCUT2D eigenvalue weighted by molar-refractivity contribution is 6.04. The summed E-state index contributed by atoms with van der Waals surface area (Å²) in [7, 11) is 1.86. The number of amides is 1. The van der Waals surface area contributed by atoms with Crippen LogP contribution in [0.2, 0.25) is 0 Å². The summed E-state index contributed by atoms with van der Waals surface area (Å²) >= 11 is 0. The summed E-state index contributed by atoms with van der Waals surface area (Å²) < 4.78 is 0. The molecular weight excluding hydrogens is 733 g/mol. The fourth-order valence-electron chi connectivity index (χ4n) is 10.6. The number of benzene rings is 1. The smallest absolute Gasteiger partial charge is 0.303 e. The highest BCUT2D eigenvalue weighted by Gasteiger charge is 2.67. The molecule has 1 aromatic carbocycles. The van der Waals surface area contributed by atoms with Crippen LogP contribution in [-0.2, 0) is 38.1 Å². The Morgan fingerprint density at radius 1 is 0.897 bits per heavy atom. The molecule has 12 heteroatoms. The number of aliphatic carboxylic acids is 2. The Morgan fingerprint density at radius 2 is 1.53 bits per heavy atom. The largest absolute Gasteiger partial charge is 0.481 e. The summed E-state index contributed by atoms with van der Waals surface area (Å²) in [5.74, 6) is -2.67. The van der Waals surface area contributed by atoms with Gasteiger partial charge < -0.3 is 30.8 Å². The van der Waals surface area contributed by atoms with Gasteiger partial charge in [-0.1, -0.05) is 13.8 Å². The van der Waals surface area contributed by atoms with Crippen LogP contribution in [0.1, 0.15) is 120 Å². The van der Waals surface area contributed by atoms with Crippen LogP contribution in [0, 0.1) is 13.8 Å². The number of aromatic nitrogens is 4. The standard InChI is InChI=1S/C46H48N6O6/c1-8-26-22(3)32-18-35-27(9-2)23(4)34(49-35)20-38-45(6)31-16-25(21-53)10-12-37(31)52(7)43-30(44(47)58)17-29(42(51-38)46(43,45)15-14-40(56)57)41-28(11-13-39(54)55)24(5)33(50-41)19-36(26)48-32/h10,12,16-21,43,48-49H,8-9,11,13-15H2,1-7H3,(H2,47,58)(H,54,55)(H,56,57). The van der Waals surface area contributed by atoms with E-state index in [1.165, 1.54) is 0 Å². The number of allylic oxidation sites excluding steroid dienone is 2. The van der Waals surface area contributed by atoms with E-state index >= 15 is 0 Å². The summed E-state index contributed by atoms with van der Waals surface area (Å²) in [6.45, 7) is 12.4. The van der Waals surface area contributed by atoms with E-state index in [9.17, 15) is 29.4 Å². The lowest BCUT2D eigenvalue weighted by molar-refractivity contribution is -0.138. The van der Waals surface area contributed by atoms with Gasteiger partial charge in [-0.15, -0.1) is 0 Å². The number of aryl methyl sites for hydroxylation is 4. The Labute approximate surface area is 335 Å². The maximum atomic E-state index is 13.9. The lowest BCUT2D eigenvalue weighted by Crippen LogP contribution is -2.65. The van der Waals surface area contributed by atoms with E-state index in [0.717, 1.165) is 80.3 Å². The van der Waals surface area contributed by atoms with Gasteiger partial charge in [0.15, 0.2) is 0 Å². The van der Waals surface area contributed by atoms with Crippen molar-refractivity contribution in [3.8, 4) is 0 Å². The van der Waals surface area contributed by atoms with Gasteiger partial charge in [0.05, 0.1) is 39.6 Å². The number of nitrogens with two attached hydrogens (primary N) is 1. The number of carboxylic acid groups (broad SMARTS) is 2. The van der Waals surface area contributed by atoms with E-state index in [0.29, 0.717) is 39.5 Å². The maximum Gasteiger partial charge on any atom is 0.303 e. The molecular formula is C46H48N6O6. The predicted octanol–water partition coefficient (Wildman–Crippen LogP) is 7.47. The zero-order valence-electron chi connectivity index (χ0n) is 33.9. The lowest BCUT2D eigenvalue weighted by atomic mass is 9.49. The van der Waals surface area contributed by atoms with E-state index in [1.54, 1.807) is 12.1 Å². The summed E-state index contributed by atoms with van der Waals surface area (Å²) in [6, 6.07) is 10.9. The molecule has 0 radical (unpaired) electrons. The van der Waals surface area contributed by atoms with Gasteiger partial charge in [-0.25, -0.2) is 4.98 Å². The molecule has 3 unspecified atom stereocenters. The van der Waals surface area contributed by atoms with Crippen LogP contribution < -0.4 is 10.6 Å². The molecule has 298 valence electrons. The summed E-state index contributed by atoms with van der Waals surface area (Å²) in [5, 5.41) is 20.3. The van der Waals surface area contributed by atoms with Crippen LogP contribution in [0.4, 0.5) is 5.69 Å². The Morgan fingerprint density at radius 3 is 2.14 bits per heavy atom. The normalized spacial score (nSPS) is 20.5. The van der Waals surface area contributed by atoms with Crippen LogP contribution in [0.25, 0.3) is 39.3 Å². The number of hydrogen-bond acceptors (Lipinski definition) is 7. The summed E-state index contributed by atoms with van der Waals surface area (Å²) in [4.78, 5) is 71.4. The second kappa shape index (κ2) is 13.7. The minimum atomic E-state index is -1.23. The Kier molecular flexibility index (Phi) is 9.09. The molecule has 8 bridgehead atoms. The minimum Gasteiger partial charge on any atom is -0.481 e. The van der Waals surface area contributed by atoms with Crippen molar-refractivity contribution in [2.45, 2.75) is 96.9 Å². The number of likely N-dealkylation sites (N-methyl/N-ethyl adjacent to an activating group) is 1. The SMILES string of the molecule is CCc1c(C)c2cc3[nH]c(cc4nc5c(c6nc(cc1[nH]2)C(C)=C6CCC(=O)O)C=C(C(N)=O)C1N(C)c2ccc(C=O)cc2C4(C)C51CCC(=O)O)c(C)c3CC. The van der Waals surface area contributed by atoms with Crippen molar-refractivity contribution < 1.29 is 29.4 Å². The number of primary amides is 1.